The van der Waals surface area contributed by atoms with Crippen molar-refractivity contribution in [3.05, 3.63) is 65.9 Å². The molecule has 3 aromatic rings. The average molecular weight is 356 g/mol. The van der Waals surface area contributed by atoms with E-state index in [1.54, 1.807) is 0 Å². The lowest BCUT2D eigenvalue weighted by Crippen LogP contribution is -2.09. The van der Waals surface area contributed by atoms with Gasteiger partial charge in [-0.3, -0.25) is 4.98 Å². The van der Waals surface area contributed by atoms with Gasteiger partial charge in [0.2, 0.25) is 0 Å². The van der Waals surface area contributed by atoms with Crippen LogP contribution in [-0.2, 0) is 12.4 Å². The van der Waals surface area contributed by atoms with E-state index in [-0.39, 0.29) is 22.3 Å². The molecule has 1 heterocycles. The lowest BCUT2D eigenvalue weighted by atomic mass is 10.1. The van der Waals surface area contributed by atoms with Crippen molar-refractivity contribution in [1.82, 2.24) is 4.98 Å². The van der Waals surface area contributed by atoms with E-state index in [0.29, 0.717) is 0 Å². The highest BCUT2D eigenvalue weighted by atomic mass is 19.4. The Morgan fingerprint density at radius 2 is 1.48 bits per heavy atom. The van der Waals surface area contributed by atoms with Crippen LogP contribution in [0.2, 0.25) is 0 Å². The van der Waals surface area contributed by atoms with Gasteiger partial charge in [0.05, 0.1) is 22.3 Å². The SMILES string of the molecule is FC(F)(F)c1ccc2nccc(Nc3ccccc3C(F)(F)F)c2c1. The highest BCUT2D eigenvalue weighted by Gasteiger charge is 2.33. The Labute approximate surface area is 138 Å². The fraction of sp³-hybridized carbons (Fsp3) is 0.118. The molecule has 2 aromatic carbocycles. The van der Waals surface area contributed by atoms with Gasteiger partial charge in [-0.05, 0) is 36.4 Å². The summed E-state index contributed by atoms with van der Waals surface area (Å²) in [6.07, 6.45) is -7.84. The van der Waals surface area contributed by atoms with Crippen LogP contribution in [0.1, 0.15) is 11.1 Å². The van der Waals surface area contributed by atoms with E-state index in [0.717, 1.165) is 18.2 Å². The third kappa shape index (κ3) is 3.52. The summed E-state index contributed by atoms with van der Waals surface area (Å²) in [6.45, 7) is 0. The molecule has 0 saturated carbocycles. The van der Waals surface area contributed by atoms with Gasteiger partial charge >= 0.3 is 12.4 Å². The number of fused-ring (bicyclic) bond motifs is 1. The molecule has 1 N–H and O–H groups in total. The van der Waals surface area contributed by atoms with Crippen LogP contribution in [0.4, 0.5) is 37.7 Å². The molecule has 1 aromatic heterocycles. The van der Waals surface area contributed by atoms with Gasteiger partial charge < -0.3 is 5.32 Å². The molecule has 8 heteroatoms. The second kappa shape index (κ2) is 5.94. The zero-order valence-corrected chi connectivity index (χ0v) is 12.4. The van der Waals surface area contributed by atoms with Crippen molar-refractivity contribution in [2.24, 2.45) is 0 Å². The second-order valence-corrected chi connectivity index (χ2v) is 5.26. The number of alkyl halides is 6. The Hall–Kier alpha value is -2.77. The summed E-state index contributed by atoms with van der Waals surface area (Å²) in [4.78, 5) is 3.95. The van der Waals surface area contributed by atoms with E-state index in [1.807, 2.05) is 0 Å². The standard InChI is InChI=1S/C17H10F6N2/c18-16(19,20)10-5-6-13-11(9-10)14(7-8-24-13)25-15-4-2-1-3-12(15)17(21,22)23/h1-9H,(H,24,25). The number of pyridine rings is 1. The number of rotatable bonds is 2. The van der Waals surface area contributed by atoms with Gasteiger partial charge in [-0.1, -0.05) is 12.1 Å². The van der Waals surface area contributed by atoms with E-state index in [2.05, 4.69) is 10.3 Å². The number of para-hydroxylation sites is 1. The maximum atomic E-state index is 13.1. The number of anilines is 2. The third-order valence-electron chi connectivity index (χ3n) is 3.57. The summed E-state index contributed by atoms with van der Waals surface area (Å²) in [5.74, 6) is 0. The molecule has 0 fully saturated rings. The smallest absolute Gasteiger partial charge is 0.354 e. The maximum absolute atomic E-state index is 13.1. The van der Waals surface area contributed by atoms with Crippen LogP contribution < -0.4 is 5.32 Å². The first-order chi connectivity index (χ1) is 11.7. The average Bonchev–Trinajstić information content (AvgIpc) is 2.53. The van der Waals surface area contributed by atoms with Crippen molar-refractivity contribution in [3.63, 3.8) is 0 Å². The van der Waals surface area contributed by atoms with E-state index in [4.69, 9.17) is 0 Å². The van der Waals surface area contributed by atoms with E-state index < -0.39 is 23.5 Å². The summed E-state index contributed by atoms with van der Waals surface area (Å²) < 4.78 is 78.0. The first-order valence-corrected chi connectivity index (χ1v) is 7.05. The molecule has 25 heavy (non-hydrogen) atoms. The summed E-state index contributed by atoms with van der Waals surface area (Å²) in [6, 6.07) is 9.00. The first kappa shape index (κ1) is 17.1. The molecule has 0 radical (unpaired) electrons. The molecule has 0 spiro atoms. The number of hydrogen-bond donors (Lipinski definition) is 1. The molecule has 0 amide bonds. The highest BCUT2D eigenvalue weighted by molar-refractivity contribution is 5.93. The second-order valence-electron chi connectivity index (χ2n) is 5.26. The highest BCUT2D eigenvalue weighted by Crippen LogP contribution is 2.38. The van der Waals surface area contributed by atoms with Gasteiger partial charge in [0, 0.05) is 17.3 Å². The van der Waals surface area contributed by atoms with E-state index >= 15 is 0 Å². The van der Waals surface area contributed by atoms with Crippen LogP contribution >= 0.6 is 0 Å². The number of nitrogens with zero attached hydrogens (tertiary/aromatic N) is 1. The van der Waals surface area contributed by atoms with Crippen LogP contribution in [0.5, 0.6) is 0 Å². The third-order valence-corrected chi connectivity index (χ3v) is 3.57. The Kier molecular flexibility index (Phi) is 4.06. The van der Waals surface area contributed by atoms with Crippen LogP contribution in [-0.4, -0.2) is 4.98 Å². The summed E-state index contributed by atoms with van der Waals surface area (Å²) in [7, 11) is 0. The van der Waals surface area contributed by atoms with Crippen LogP contribution in [0, 0.1) is 0 Å². The molecule has 0 aliphatic heterocycles. The predicted octanol–water partition coefficient (Wildman–Crippen LogP) is 6.02. The van der Waals surface area contributed by atoms with Gasteiger partial charge in [-0.15, -0.1) is 0 Å². The molecule has 130 valence electrons. The minimum Gasteiger partial charge on any atom is -0.354 e. The molecular formula is C17H10F6N2. The van der Waals surface area contributed by atoms with E-state index in [1.165, 1.54) is 36.5 Å². The molecule has 0 aliphatic rings. The largest absolute Gasteiger partial charge is 0.418 e. The van der Waals surface area contributed by atoms with Crippen LogP contribution in [0.25, 0.3) is 10.9 Å². The number of hydrogen-bond acceptors (Lipinski definition) is 2. The molecular weight excluding hydrogens is 346 g/mol. The molecule has 2 nitrogen and oxygen atoms in total. The fourth-order valence-electron chi connectivity index (χ4n) is 2.42. The van der Waals surface area contributed by atoms with Gasteiger partial charge in [0.15, 0.2) is 0 Å². The number of aromatic nitrogens is 1. The molecule has 0 bridgehead atoms. The molecule has 0 saturated heterocycles. The van der Waals surface area contributed by atoms with Crippen LogP contribution in [0.15, 0.2) is 54.7 Å². The normalized spacial score (nSPS) is 12.4. The maximum Gasteiger partial charge on any atom is 0.418 e. The monoisotopic (exact) mass is 356 g/mol. The summed E-state index contributed by atoms with van der Waals surface area (Å²) >= 11 is 0. The lowest BCUT2D eigenvalue weighted by molar-refractivity contribution is -0.138. The zero-order chi connectivity index (χ0) is 18.2. The van der Waals surface area contributed by atoms with Crippen molar-refractivity contribution in [2.45, 2.75) is 12.4 Å². The number of halogens is 6. The fourth-order valence-corrected chi connectivity index (χ4v) is 2.42. The van der Waals surface area contributed by atoms with Crippen molar-refractivity contribution >= 4 is 22.3 Å². The molecule has 0 unspecified atom stereocenters. The van der Waals surface area contributed by atoms with Crippen molar-refractivity contribution in [3.8, 4) is 0 Å². The van der Waals surface area contributed by atoms with Crippen molar-refractivity contribution < 1.29 is 26.3 Å². The topological polar surface area (TPSA) is 24.9 Å². The number of benzene rings is 2. The lowest BCUT2D eigenvalue weighted by Gasteiger charge is -2.16. The number of nitrogens with one attached hydrogen (secondary N) is 1. The Bertz CT molecular complexity index is 915. The Morgan fingerprint density at radius 3 is 2.16 bits per heavy atom. The van der Waals surface area contributed by atoms with Gasteiger partial charge in [-0.2, -0.15) is 26.3 Å². The van der Waals surface area contributed by atoms with Gasteiger partial charge in [-0.25, -0.2) is 0 Å². The zero-order valence-electron chi connectivity index (χ0n) is 12.4. The van der Waals surface area contributed by atoms with E-state index in [9.17, 15) is 26.3 Å². The van der Waals surface area contributed by atoms with Gasteiger partial charge in [0.25, 0.3) is 0 Å². The molecule has 0 aliphatic carbocycles. The summed E-state index contributed by atoms with van der Waals surface area (Å²) in [5.41, 5.74) is -1.72. The minimum absolute atomic E-state index is 0.0781. The quantitative estimate of drug-likeness (QED) is 0.568. The van der Waals surface area contributed by atoms with Crippen molar-refractivity contribution in [1.29, 1.82) is 0 Å². The summed E-state index contributed by atoms with van der Waals surface area (Å²) in [5, 5.41) is 2.65. The molecule has 3 rings (SSSR count). The van der Waals surface area contributed by atoms with Crippen LogP contribution in [0.3, 0.4) is 0 Å². The Balaban J connectivity index is 2.11. The van der Waals surface area contributed by atoms with Crippen molar-refractivity contribution in [2.75, 3.05) is 5.32 Å². The minimum atomic E-state index is -4.59. The van der Waals surface area contributed by atoms with Gasteiger partial charge in [0.1, 0.15) is 0 Å². The Morgan fingerprint density at radius 1 is 0.760 bits per heavy atom. The molecule has 0 atom stereocenters. The predicted molar refractivity (Wildman–Crippen MR) is 81.5 cm³/mol. The first-order valence-electron chi connectivity index (χ1n) is 7.05.